The van der Waals surface area contributed by atoms with Gasteiger partial charge in [0.1, 0.15) is 48.8 Å². The SMILES string of the molecule is CC/C=C\C/C=C\C/C=C\C/C=C\CCCCCCCCCCCCCCCCCCCCCCCCCCC(=O)NC(COC1OC(CO)C(OC2OC(CO)C(O)C(O)C2O)C(O)C1O)C(O)/C=C/CC/C=C/CCCCCCCCCCCCCCCCCCCCCCCCC. The Kier molecular flexibility index (Phi) is 65.0. The molecule has 0 radical (unpaired) electrons. The van der Waals surface area contributed by atoms with Crippen molar-refractivity contribution in [3.05, 3.63) is 72.9 Å². The van der Waals surface area contributed by atoms with E-state index in [1.807, 2.05) is 6.08 Å². The van der Waals surface area contributed by atoms with E-state index < -0.39 is 86.8 Å². The molecule has 0 spiro atoms. The average molecular weight is 1410 g/mol. The summed E-state index contributed by atoms with van der Waals surface area (Å²) in [6.07, 6.45) is 80.1. The zero-order valence-electron chi connectivity index (χ0n) is 64.2. The minimum atomic E-state index is -1.79. The van der Waals surface area contributed by atoms with Crippen molar-refractivity contribution in [2.75, 3.05) is 19.8 Å². The number of aliphatic hydroxyl groups is 8. The highest BCUT2D eigenvalue weighted by atomic mass is 16.7. The third kappa shape index (κ3) is 51.6. The Morgan fingerprint density at radius 3 is 1.10 bits per heavy atom. The first-order valence-electron chi connectivity index (χ1n) is 42.2. The molecule has 14 nitrogen and oxygen atoms in total. The van der Waals surface area contributed by atoms with Crippen molar-refractivity contribution in [3.63, 3.8) is 0 Å². The first-order valence-corrected chi connectivity index (χ1v) is 42.2. The van der Waals surface area contributed by atoms with Crippen LogP contribution in [-0.2, 0) is 23.7 Å². The van der Waals surface area contributed by atoms with Gasteiger partial charge in [0.25, 0.3) is 0 Å². The predicted molar refractivity (Wildman–Crippen MR) is 415 cm³/mol. The van der Waals surface area contributed by atoms with E-state index in [-0.39, 0.29) is 18.9 Å². The summed E-state index contributed by atoms with van der Waals surface area (Å²) >= 11 is 0. The second kappa shape index (κ2) is 69.5. The van der Waals surface area contributed by atoms with Gasteiger partial charge in [-0.05, 0) is 70.6 Å². The smallest absolute Gasteiger partial charge is 0.220 e. The van der Waals surface area contributed by atoms with E-state index in [4.69, 9.17) is 18.9 Å². The quantitative estimate of drug-likeness (QED) is 0.0204. The van der Waals surface area contributed by atoms with E-state index in [9.17, 15) is 45.6 Å². The van der Waals surface area contributed by atoms with Crippen LogP contribution in [0.2, 0.25) is 0 Å². The maximum absolute atomic E-state index is 13.4. The third-order valence-corrected chi connectivity index (χ3v) is 20.4. The molecule has 2 saturated heterocycles. The highest BCUT2D eigenvalue weighted by Gasteiger charge is 2.51. The fourth-order valence-corrected chi connectivity index (χ4v) is 13.8. The fraction of sp³-hybridized carbons (Fsp3) is 0.849. The summed E-state index contributed by atoms with van der Waals surface area (Å²) in [7, 11) is 0. The lowest BCUT2D eigenvalue weighted by Gasteiger charge is -2.46. The Labute approximate surface area is 612 Å². The molecule has 0 aromatic rings. The molecule has 9 N–H and O–H groups in total. The molecular weight excluding hydrogens is 1250 g/mol. The van der Waals surface area contributed by atoms with Gasteiger partial charge in [-0.3, -0.25) is 4.79 Å². The molecule has 2 aliphatic rings. The topological polar surface area (TPSA) is 228 Å². The molecular formula is C86H157NO13. The number of carbonyl (C=O) groups excluding carboxylic acids is 1. The predicted octanol–water partition coefficient (Wildman–Crippen LogP) is 19.7. The minimum absolute atomic E-state index is 0.242. The van der Waals surface area contributed by atoms with Crippen LogP contribution in [0.5, 0.6) is 0 Å². The van der Waals surface area contributed by atoms with Gasteiger partial charge >= 0.3 is 0 Å². The largest absolute Gasteiger partial charge is 0.394 e. The molecule has 14 heteroatoms. The van der Waals surface area contributed by atoms with Crippen molar-refractivity contribution in [2.24, 2.45) is 0 Å². The number of rotatable bonds is 71. The molecule has 12 atom stereocenters. The molecule has 2 heterocycles. The number of carbonyl (C=O) groups is 1. The Balaban J connectivity index is 1.59. The van der Waals surface area contributed by atoms with Gasteiger partial charge < -0.3 is 65.1 Å². The summed E-state index contributed by atoms with van der Waals surface area (Å²) in [6, 6.07) is -0.934. The van der Waals surface area contributed by atoms with Crippen LogP contribution >= 0.6 is 0 Å². The zero-order valence-corrected chi connectivity index (χ0v) is 64.2. The average Bonchev–Trinajstić information content (AvgIpc) is 0.791. The summed E-state index contributed by atoms with van der Waals surface area (Å²) < 4.78 is 22.9. The van der Waals surface area contributed by atoms with Gasteiger partial charge in [0, 0.05) is 6.42 Å². The monoisotopic (exact) mass is 1410 g/mol. The molecule has 1 amide bonds. The number of ether oxygens (including phenoxy) is 4. The number of allylic oxidation sites excluding steroid dienone is 11. The van der Waals surface area contributed by atoms with Gasteiger partial charge in [-0.2, -0.15) is 0 Å². The van der Waals surface area contributed by atoms with Crippen LogP contribution in [0.4, 0.5) is 0 Å². The molecule has 2 aliphatic heterocycles. The van der Waals surface area contributed by atoms with Gasteiger partial charge in [-0.25, -0.2) is 0 Å². The molecule has 0 aliphatic carbocycles. The second-order valence-electron chi connectivity index (χ2n) is 29.6. The van der Waals surface area contributed by atoms with Crippen molar-refractivity contribution in [1.29, 1.82) is 0 Å². The number of nitrogens with one attached hydrogen (secondary N) is 1. The Bertz CT molecular complexity index is 1960. The van der Waals surface area contributed by atoms with Gasteiger partial charge in [0.15, 0.2) is 12.6 Å². The van der Waals surface area contributed by atoms with Crippen molar-refractivity contribution >= 4 is 5.91 Å². The van der Waals surface area contributed by atoms with Crippen molar-refractivity contribution in [2.45, 2.75) is 447 Å². The molecule has 0 aromatic heterocycles. The Morgan fingerprint density at radius 2 is 0.700 bits per heavy atom. The van der Waals surface area contributed by atoms with Gasteiger partial charge in [-0.15, -0.1) is 0 Å². The Hall–Kier alpha value is -2.57. The van der Waals surface area contributed by atoms with Crippen LogP contribution in [0.1, 0.15) is 373 Å². The highest BCUT2D eigenvalue weighted by Crippen LogP contribution is 2.30. The molecule has 0 bridgehead atoms. The van der Waals surface area contributed by atoms with Crippen LogP contribution in [0, 0.1) is 0 Å². The lowest BCUT2D eigenvalue weighted by Crippen LogP contribution is -2.65. The van der Waals surface area contributed by atoms with Crippen LogP contribution < -0.4 is 5.32 Å². The van der Waals surface area contributed by atoms with Crippen LogP contribution in [0.25, 0.3) is 0 Å². The first-order chi connectivity index (χ1) is 49.1. The molecule has 0 aromatic carbocycles. The number of hydrogen-bond donors (Lipinski definition) is 9. The number of aliphatic hydroxyl groups excluding tert-OH is 8. The summed E-state index contributed by atoms with van der Waals surface area (Å²) in [5.41, 5.74) is 0. The number of unbranched alkanes of at least 4 members (excludes halogenated alkanes) is 48. The number of hydrogen-bond acceptors (Lipinski definition) is 13. The normalized spacial score (nSPS) is 22.2. The summed E-state index contributed by atoms with van der Waals surface area (Å²) in [5.74, 6) is -0.242. The third-order valence-electron chi connectivity index (χ3n) is 20.4. The number of amides is 1. The van der Waals surface area contributed by atoms with Crippen LogP contribution in [0.3, 0.4) is 0 Å². The molecule has 0 saturated carbocycles. The van der Waals surface area contributed by atoms with E-state index in [1.165, 1.54) is 283 Å². The fourth-order valence-electron chi connectivity index (χ4n) is 13.8. The molecule has 100 heavy (non-hydrogen) atoms. The summed E-state index contributed by atoms with van der Waals surface area (Å²) in [4.78, 5) is 13.4. The Morgan fingerprint density at radius 1 is 0.370 bits per heavy atom. The van der Waals surface area contributed by atoms with E-state index >= 15 is 0 Å². The van der Waals surface area contributed by atoms with Gasteiger partial charge in [-0.1, -0.05) is 369 Å². The highest BCUT2D eigenvalue weighted by molar-refractivity contribution is 5.76. The standard InChI is InChI=1S/C86H157NO13/c1-3-5-7-9-11-13-15-17-19-21-23-25-27-29-31-33-34-35-36-37-38-39-40-42-44-46-48-50-52-54-56-58-60-62-64-66-68-70-78(91)87-74(73-97-85-83(96)81(94)84(77(72-89)99-85)100-86-82(95)80(93)79(92)76(71-88)98-86)75(90)69-67-65-63-61-59-57-55-53-51-49-47-45-43-41-32-30-28-26-24-22-20-18-16-14-12-10-8-6-4-2/h5,7,11,13,17,19,23,25,59,61,67,69,74-77,79-86,88-90,92-96H,3-4,6,8-10,12,14-16,18,20-22,24,26-58,60,62-66,68,70-73H2,1-2H3,(H,87,91)/b7-5-,13-11-,19-17-,25-23-,61-59+,69-67+. The van der Waals surface area contributed by atoms with E-state index in [0.717, 1.165) is 57.8 Å². The first kappa shape index (κ1) is 93.5. The molecule has 584 valence electrons. The van der Waals surface area contributed by atoms with Crippen molar-refractivity contribution < 1.29 is 64.6 Å². The lowest BCUT2D eigenvalue weighted by atomic mass is 9.97. The van der Waals surface area contributed by atoms with Crippen LogP contribution in [-0.4, -0.2) is 140 Å². The summed E-state index contributed by atoms with van der Waals surface area (Å²) in [5, 5.41) is 87.7. The lowest BCUT2D eigenvalue weighted by molar-refractivity contribution is -0.359. The van der Waals surface area contributed by atoms with Crippen molar-refractivity contribution in [1.82, 2.24) is 5.32 Å². The summed E-state index contributed by atoms with van der Waals surface area (Å²) in [6.45, 7) is 2.73. The minimum Gasteiger partial charge on any atom is -0.394 e. The maximum Gasteiger partial charge on any atom is 0.220 e. The van der Waals surface area contributed by atoms with Gasteiger partial charge in [0.2, 0.25) is 5.91 Å². The molecule has 12 unspecified atom stereocenters. The molecule has 2 rings (SSSR count). The maximum atomic E-state index is 13.4. The van der Waals surface area contributed by atoms with Gasteiger partial charge in [0.05, 0.1) is 32.0 Å². The van der Waals surface area contributed by atoms with E-state index in [1.54, 1.807) is 6.08 Å². The second-order valence-corrected chi connectivity index (χ2v) is 29.6. The molecule has 2 fully saturated rings. The van der Waals surface area contributed by atoms with Crippen molar-refractivity contribution in [3.8, 4) is 0 Å². The zero-order chi connectivity index (χ0) is 72.2. The van der Waals surface area contributed by atoms with E-state index in [2.05, 4.69) is 79.9 Å². The van der Waals surface area contributed by atoms with Crippen LogP contribution in [0.15, 0.2) is 72.9 Å². The van der Waals surface area contributed by atoms with E-state index in [0.29, 0.717) is 12.8 Å².